The first-order chi connectivity index (χ1) is 13.5. The zero-order chi connectivity index (χ0) is 20.1. The Hall–Kier alpha value is -3.32. The number of carbonyl (C=O) groups excluding carboxylic acids is 1. The number of carbonyl (C=O) groups is 1. The second-order valence-electron chi connectivity index (χ2n) is 6.15. The van der Waals surface area contributed by atoms with Crippen molar-refractivity contribution in [1.29, 1.82) is 0 Å². The van der Waals surface area contributed by atoms with E-state index in [2.05, 4.69) is 5.10 Å². The van der Waals surface area contributed by atoms with Gasteiger partial charge in [0.2, 0.25) is 5.88 Å². The molecule has 0 radical (unpaired) electrons. The highest BCUT2D eigenvalue weighted by molar-refractivity contribution is 5.92. The molecule has 3 aromatic rings. The summed E-state index contributed by atoms with van der Waals surface area (Å²) in [6, 6.07) is 14.3. The van der Waals surface area contributed by atoms with Crippen LogP contribution in [-0.4, -0.2) is 37.1 Å². The molecule has 7 heteroatoms. The van der Waals surface area contributed by atoms with Gasteiger partial charge in [-0.15, -0.1) is 0 Å². The summed E-state index contributed by atoms with van der Waals surface area (Å²) in [5, 5.41) is 4.48. The Morgan fingerprint density at radius 1 is 0.964 bits per heavy atom. The molecule has 0 bridgehead atoms. The third kappa shape index (κ3) is 4.32. The SMILES string of the molecule is COCc1cc(OC(=O)c2cc(OC)cc(OC)c2)n(-c2ccc(C)cc2)n1. The van der Waals surface area contributed by atoms with E-state index in [4.69, 9.17) is 18.9 Å². The number of esters is 1. The minimum atomic E-state index is -0.547. The smallest absolute Gasteiger partial charge is 0.345 e. The first-order valence-corrected chi connectivity index (χ1v) is 8.64. The number of ether oxygens (including phenoxy) is 4. The van der Waals surface area contributed by atoms with Crippen molar-refractivity contribution in [3.05, 3.63) is 65.4 Å². The van der Waals surface area contributed by atoms with Gasteiger partial charge in [0, 0.05) is 19.2 Å². The van der Waals surface area contributed by atoms with E-state index < -0.39 is 5.97 Å². The van der Waals surface area contributed by atoms with Gasteiger partial charge < -0.3 is 18.9 Å². The lowest BCUT2D eigenvalue weighted by Gasteiger charge is -2.10. The molecule has 1 heterocycles. The maximum Gasteiger partial charge on any atom is 0.345 e. The predicted octanol–water partition coefficient (Wildman–Crippen LogP) is 3.56. The molecule has 7 nitrogen and oxygen atoms in total. The second-order valence-corrected chi connectivity index (χ2v) is 6.15. The summed E-state index contributed by atoms with van der Waals surface area (Å²) in [5.41, 5.74) is 2.85. The first-order valence-electron chi connectivity index (χ1n) is 8.64. The highest BCUT2D eigenvalue weighted by atomic mass is 16.5. The van der Waals surface area contributed by atoms with Crippen molar-refractivity contribution in [2.24, 2.45) is 0 Å². The largest absolute Gasteiger partial charge is 0.497 e. The topological polar surface area (TPSA) is 71.8 Å². The summed E-state index contributed by atoms with van der Waals surface area (Å²) in [4.78, 5) is 12.7. The lowest BCUT2D eigenvalue weighted by molar-refractivity contribution is 0.0722. The van der Waals surface area contributed by atoms with Crippen molar-refractivity contribution in [2.45, 2.75) is 13.5 Å². The minimum absolute atomic E-state index is 0.294. The Bertz CT molecular complexity index is 941. The van der Waals surface area contributed by atoms with Crippen molar-refractivity contribution < 1.29 is 23.7 Å². The number of nitrogens with zero attached hydrogens (tertiary/aromatic N) is 2. The van der Waals surface area contributed by atoms with Gasteiger partial charge in [0.15, 0.2) is 0 Å². The highest BCUT2D eigenvalue weighted by Crippen LogP contribution is 2.25. The fourth-order valence-corrected chi connectivity index (χ4v) is 2.65. The van der Waals surface area contributed by atoms with Gasteiger partial charge in [-0.2, -0.15) is 5.10 Å². The first kappa shape index (κ1) is 19.4. The maximum absolute atomic E-state index is 12.7. The Labute approximate surface area is 163 Å². The van der Waals surface area contributed by atoms with Crippen LogP contribution in [0.3, 0.4) is 0 Å². The number of aromatic nitrogens is 2. The summed E-state index contributed by atoms with van der Waals surface area (Å²) in [6.07, 6.45) is 0. The third-order valence-corrected chi connectivity index (χ3v) is 4.08. The van der Waals surface area contributed by atoms with Crippen LogP contribution in [0.4, 0.5) is 0 Å². The van der Waals surface area contributed by atoms with Gasteiger partial charge in [-0.3, -0.25) is 0 Å². The third-order valence-electron chi connectivity index (χ3n) is 4.08. The van der Waals surface area contributed by atoms with Crippen LogP contribution in [0, 0.1) is 6.92 Å². The molecule has 0 spiro atoms. The molecule has 0 saturated carbocycles. The summed E-state index contributed by atoms with van der Waals surface area (Å²) in [5.74, 6) is 0.744. The van der Waals surface area contributed by atoms with Crippen LogP contribution in [0.25, 0.3) is 5.69 Å². The molecule has 0 saturated heterocycles. The molecular formula is C21H22N2O5. The van der Waals surface area contributed by atoms with E-state index in [1.165, 1.54) is 14.2 Å². The number of benzene rings is 2. The fraction of sp³-hybridized carbons (Fsp3) is 0.238. The number of hydrogen-bond donors (Lipinski definition) is 0. The summed E-state index contributed by atoms with van der Waals surface area (Å²) in [7, 11) is 4.62. The van der Waals surface area contributed by atoms with E-state index in [1.807, 2.05) is 31.2 Å². The van der Waals surface area contributed by atoms with Crippen molar-refractivity contribution in [3.63, 3.8) is 0 Å². The Morgan fingerprint density at radius 3 is 2.18 bits per heavy atom. The van der Waals surface area contributed by atoms with Crippen molar-refractivity contribution in [1.82, 2.24) is 9.78 Å². The molecule has 0 fully saturated rings. The van der Waals surface area contributed by atoms with Crippen molar-refractivity contribution in [3.8, 4) is 23.1 Å². The fourth-order valence-electron chi connectivity index (χ4n) is 2.65. The van der Waals surface area contributed by atoms with Crippen LogP contribution in [0.2, 0.25) is 0 Å². The van der Waals surface area contributed by atoms with Gasteiger partial charge >= 0.3 is 5.97 Å². The van der Waals surface area contributed by atoms with Crippen molar-refractivity contribution in [2.75, 3.05) is 21.3 Å². The van der Waals surface area contributed by atoms with Gasteiger partial charge in [0.1, 0.15) is 11.5 Å². The van der Waals surface area contributed by atoms with E-state index >= 15 is 0 Å². The zero-order valence-electron chi connectivity index (χ0n) is 16.3. The van der Waals surface area contributed by atoms with Crippen LogP contribution < -0.4 is 14.2 Å². The quantitative estimate of drug-likeness (QED) is 0.582. The molecule has 0 N–H and O–H groups in total. The van der Waals surface area contributed by atoms with Gasteiger partial charge in [-0.25, -0.2) is 9.48 Å². The Morgan fingerprint density at radius 2 is 1.61 bits per heavy atom. The Kier molecular flexibility index (Phi) is 5.96. The molecule has 0 aliphatic heterocycles. The zero-order valence-corrected chi connectivity index (χ0v) is 16.3. The summed E-state index contributed by atoms with van der Waals surface area (Å²) < 4.78 is 22.8. The van der Waals surface area contributed by atoms with Crippen LogP contribution in [-0.2, 0) is 11.3 Å². The molecule has 3 rings (SSSR count). The standard InChI is InChI=1S/C21H22N2O5/c1-14-5-7-17(8-6-14)23-20(11-16(22-23)13-25-2)28-21(24)15-9-18(26-3)12-19(10-15)27-4/h5-12H,13H2,1-4H3. The molecular weight excluding hydrogens is 360 g/mol. The molecule has 0 aliphatic rings. The van der Waals surface area contributed by atoms with Gasteiger partial charge in [-0.05, 0) is 31.2 Å². The highest BCUT2D eigenvalue weighted by Gasteiger charge is 2.17. The lowest BCUT2D eigenvalue weighted by Crippen LogP contribution is -2.12. The van der Waals surface area contributed by atoms with Crippen LogP contribution in [0.1, 0.15) is 21.6 Å². The van der Waals surface area contributed by atoms with Gasteiger partial charge in [-0.1, -0.05) is 17.7 Å². The van der Waals surface area contributed by atoms with Crippen LogP contribution in [0.5, 0.6) is 17.4 Å². The van der Waals surface area contributed by atoms with Crippen LogP contribution >= 0.6 is 0 Å². The molecule has 0 amide bonds. The van der Waals surface area contributed by atoms with Gasteiger partial charge in [0.25, 0.3) is 0 Å². The predicted molar refractivity (Wildman–Crippen MR) is 104 cm³/mol. The average Bonchev–Trinajstić information content (AvgIpc) is 3.10. The van der Waals surface area contributed by atoms with Crippen LogP contribution in [0.15, 0.2) is 48.5 Å². The maximum atomic E-state index is 12.7. The van der Waals surface area contributed by atoms with E-state index in [-0.39, 0.29) is 0 Å². The molecule has 0 aliphatic carbocycles. The molecule has 28 heavy (non-hydrogen) atoms. The van der Waals surface area contributed by atoms with Crippen molar-refractivity contribution >= 4 is 5.97 Å². The lowest BCUT2D eigenvalue weighted by atomic mass is 10.2. The molecule has 1 aromatic heterocycles. The molecule has 146 valence electrons. The molecule has 2 aromatic carbocycles. The average molecular weight is 382 g/mol. The van der Waals surface area contributed by atoms with Gasteiger partial charge in [0.05, 0.1) is 37.8 Å². The number of hydrogen-bond acceptors (Lipinski definition) is 6. The summed E-state index contributed by atoms with van der Waals surface area (Å²) in [6.45, 7) is 2.30. The van der Waals surface area contributed by atoms with E-state index in [0.29, 0.717) is 35.2 Å². The normalized spacial score (nSPS) is 10.6. The number of methoxy groups -OCH3 is 3. The minimum Gasteiger partial charge on any atom is -0.497 e. The summed E-state index contributed by atoms with van der Waals surface area (Å²) >= 11 is 0. The number of aryl methyl sites for hydroxylation is 1. The second kappa shape index (κ2) is 8.58. The molecule has 0 unspecified atom stereocenters. The van der Waals surface area contributed by atoms with E-state index in [1.54, 1.807) is 36.1 Å². The monoisotopic (exact) mass is 382 g/mol. The van der Waals surface area contributed by atoms with E-state index in [0.717, 1.165) is 11.3 Å². The molecule has 0 atom stereocenters. The van der Waals surface area contributed by atoms with E-state index in [9.17, 15) is 4.79 Å². The number of rotatable bonds is 7. The Balaban J connectivity index is 1.95.